The van der Waals surface area contributed by atoms with Gasteiger partial charge in [-0.15, -0.1) is 12.4 Å². The molecule has 1 aromatic rings. The van der Waals surface area contributed by atoms with Gasteiger partial charge in [-0.05, 0) is 47.3 Å². The number of pyridine rings is 1. The average molecular weight is 321 g/mol. The molecule has 94 valence electrons. The van der Waals surface area contributed by atoms with Gasteiger partial charge >= 0.3 is 0 Å². The summed E-state index contributed by atoms with van der Waals surface area (Å²) in [4.78, 5) is 15.8. The molecule has 0 bridgehead atoms. The molecule has 1 aliphatic rings. The maximum atomic E-state index is 11.8. The highest BCUT2D eigenvalue weighted by Gasteiger charge is 2.32. The van der Waals surface area contributed by atoms with Gasteiger partial charge < -0.3 is 11.1 Å². The molecule has 0 atom stereocenters. The summed E-state index contributed by atoms with van der Waals surface area (Å²) in [6.07, 6.45) is 4.72. The number of carbonyl (C=O) groups excluding carboxylic acids is 1. The van der Waals surface area contributed by atoms with Crippen molar-refractivity contribution in [3.05, 3.63) is 28.5 Å². The van der Waals surface area contributed by atoms with Crippen molar-refractivity contribution in [2.24, 2.45) is 5.73 Å². The fourth-order valence-electron chi connectivity index (χ4n) is 1.70. The van der Waals surface area contributed by atoms with Gasteiger partial charge in [0.25, 0.3) is 5.91 Å². The zero-order valence-corrected chi connectivity index (χ0v) is 11.7. The molecule has 0 aliphatic heterocycles. The van der Waals surface area contributed by atoms with Crippen LogP contribution in [0.4, 0.5) is 0 Å². The lowest BCUT2D eigenvalue weighted by atomic mass is 9.78. The molecule has 17 heavy (non-hydrogen) atoms. The van der Waals surface area contributed by atoms with Crippen LogP contribution in [0.5, 0.6) is 0 Å². The third-order valence-corrected chi connectivity index (χ3v) is 3.56. The predicted molar refractivity (Wildman–Crippen MR) is 72.3 cm³/mol. The molecule has 3 N–H and O–H groups in total. The average Bonchev–Trinajstić information content (AvgIpc) is 2.24. The fraction of sp³-hybridized carbons (Fsp3) is 0.455. The molecule has 1 aliphatic carbocycles. The number of amides is 1. The number of nitrogens with one attached hydrogen (secondary N) is 1. The van der Waals surface area contributed by atoms with Crippen molar-refractivity contribution in [2.75, 3.05) is 6.54 Å². The molecule has 0 unspecified atom stereocenters. The largest absolute Gasteiger partial charge is 0.349 e. The van der Waals surface area contributed by atoms with Crippen LogP contribution in [-0.4, -0.2) is 23.0 Å². The van der Waals surface area contributed by atoms with Gasteiger partial charge in [0.15, 0.2) is 0 Å². The highest BCUT2D eigenvalue weighted by Crippen LogP contribution is 2.28. The molecular formula is C11H15BrClN3O. The lowest BCUT2D eigenvalue weighted by molar-refractivity contribution is 0.0924. The summed E-state index contributed by atoms with van der Waals surface area (Å²) in [6, 6.07) is 3.57. The van der Waals surface area contributed by atoms with E-state index in [0.29, 0.717) is 16.7 Å². The Morgan fingerprint density at radius 1 is 1.59 bits per heavy atom. The van der Waals surface area contributed by atoms with Gasteiger partial charge in [-0.3, -0.25) is 4.79 Å². The zero-order chi connectivity index (χ0) is 11.6. The summed E-state index contributed by atoms with van der Waals surface area (Å²) in [5.41, 5.74) is 6.23. The van der Waals surface area contributed by atoms with Crippen LogP contribution in [0.25, 0.3) is 0 Å². The molecule has 0 spiro atoms. The molecule has 0 radical (unpaired) electrons. The van der Waals surface area contributed by atoms with Crippen molar-refractivity contribution in [1.82, 2.24) is 10.3 Å². The number of hydrogen-bond donors (Lipinski definition) is 2. The summed E-state index contributed by atoms with van der Waals surface area (Å²) in [7, 11) is 0. The smallest absolute Gasteiger partial charge is 0.271 e. The Bertz CT molecular complexity index is 409. The van der Waals surface area contributed by atoms with Crippen LogP contribution < -0.4 is 11.1 Å². The Hall–Kier alpha value is -0.650. The van der Waals surface area contributed by atoms with Gasteiger partial charge in [0.05, 0.1) is 0 Å². The van der Waals surface area contributed by atoms with Crippen LogP contribution in [-0.2, 0) is 0 Å². The molecular weight excluding hydrogens is 305 g/mol. The second-order valence-electron chi connectivity index (χ2n) is 4.23. The maximum Gasteiger partial charge on any atom is 0.271 e. The van der Waals surface area contributed by atoms with E-state index >= 15 is 0 Å². The van der Waals surface area contributed by atoms with Gasteiger partial charge in [0, 0.05) is 22.8 Å². The molecule has 4 nitrogen and oxygen atoms in total. The van der Waals surface area contributed by atoms with Gasteiger partial charge in [-0.25, -0.2) is 4.98 Å². The summed E-state index contributed by atoms with van der Waals surface area (Å²) in [6.45, 7) is 0.523. The molecule has 1 saturated carbocycles. The minimum atomic E-state index is -0.198. The standard InChI is InChI=1S/C11H14BrN3O.ClH/c12-8-3-1-6-14-9(8)10(16)15-7-11(13)4-2-5-11;/h1,3,6H,2,4-5,7,13H2,(H,15,16);1H. The number of nitrogens with zero attached hydrogens (tertiary/aromatic N) is 1. The van der Waals surface area contributed by atoms with Crippen LogP contribution in [0.2, 0.25) is 0 Å². The van der Waals surface area contributed by atoms with Crippen molar-refractivity contribution < 1.29 is 4.79 Å². The summed E-state index contributed by atoms with van der Waals surface area (Å²) in [5.74, 6) is -0.177. The first-order chi connectivity index (χ1) is 7.61. The van der Waals surface area contributed by atoms with Crippen LogP contribution in [0.3, 0.4) is 0 Å². The van der Waals surface area contributed by atoms with E-state index in [0.717, 1.165) is 19.3 Å². The van der Waals surface area contributed by atoms with Gasteiger partial charge in [0.2, 0.25) is 0 Å². The molecule has 0 aromatic carbocycles. The second-order valence-corrected chi connectivity index (χ2v) is 5.09. The van der Waals surface area contributed by atoms with E-state index < -0.39 is 0 Å². The quantitative estimate of drug-likeness (QED) is 0.893. The molecule has 0 saturated heterocycles. The molecule has 2 rings (SSSR count). The Balaban J connectivity index is 0.00000144. The highest BCUT2D eigenvalue weighted by atomic mass is 79.9. The molecule has 1 heterocycles. The first-order valence-electron chi connectivity index (χ1n) is 5.28. The SMILES string of the molecule is Cl.NC1(CNC(=O)c2ncccc2Br)CCC1. The van der Waals surface area contributed by atoms with E-state index in [-0.39, 0.29) is 23.9 Å². The van der Waals surface area contributed by atoms with E-state index in [4.69, 9.17) is 5.73 Å². The van der Waals surface area contributed by atoms with Gasteiger partial charge in [0.1, 0.15) is 5.69 Å². The molecule has 1 fully saturated rings. The van der Waals surface area contributed by atoms with Crippen LogP contribution >= 0.6 is 28.3 Å². The first-order valence-corrected chi connectivity index (χ1v) is 6.08. The van der Waals surface area contributed by atoms with E-state index in [1.807, 2.05) is 0 Å². The Kier molecular flexibility index (Phi) is 4.91. The van der Waals surface area contributed by atoms with Gasteiger partial charge in [-0.2, -0.15) is 0 Å². The molecule has 6 heteroatoms. The zero-order valence-electron chi connectivity index (χ0n) is 9.28. The summed E-state index contributed by atoms with van der Waals surface area (Å²) in [5, 5.41) is 2.83. The van der Waals surface area contributed by atoms with Crippen molar-refractivity contribution in [3.8, 4) is 0 Å². The first kappa shape index (κ1) is 14.4. The topological polar surface area (TPSA) is 68.0 Å². The van der Waals surface area contributed by atoms with E-state index in [9.17, 15) is 4.79 Å². The van der Waals surface area contributed by atoms with Crippen LogP contribution in [0.15, 0.2) is 22.8 Å². The minimum Gasteiger partial charge on any atom is -0.349 e. The number of nitrogens with two attached hydrogens (primary N) is 1. The number of halogens is 2. The number of rotatable bonds is 3. The Labute approximate surface area is 115 Å². The van der Waals surface area contributed by atoms with E-state index in [2.05, 4.69) is 26.2 Å². The maximum absolute atomic E-state index is 11.8. The van der Waals surface area contributed by atoms with Crippen molar-refractivity contribution in [1.29, 1.82) is 0 Å². The van der Waals surface area contributed by atoms with E-state index in [1.165, 1.54) is 0 Å². The van der Waals surface area contributed by atoms with Gasteiger partial charge in [-0.1, -0.05) is 0 Å². The van der Waals surface area contributed by atoms with Crippen LogP contribution in [0, 0.1) is 0 Å². The lowest BCUT2D eigenvalue weighted by Gasteiger charge is -2.38. The van der Waals surface area contributed by atoms with Crippen molar-refractivity contribution in [2.45, 2.75) is 24.8 Å². The highest BCUT2D eigenvalue weighted by molar-refractivity contribution is 9.10. The van der Waals surface area contributed by atoms with E-state index in [1.54, 1.807) is 18.3 Å². The lowest BCUT2D eigenvalue weighted by Crippen LogP contribution is -2.55. The fourth-order valence-corrected chi connectivity index (χ4v) is 2.14. The number of carbonyl (C=O) groups is 1. The number of aromatic nitrogens is 1. The molecule has 1 aromatic heterocycles. The van der Waals surface area contributed by atoms with Crippen molar-refractivity contribution >= 4 is 34.2 Å². The Morgan fingerprint density at radius 3 is 2.82 bits per heavy atom. The third-order valence-electron chi connectivity index (χ3n) is 2.92. The van der Waals surface area contributed by atoms with Crippen molar-refractivity contribution in [3.63, 3.8) is 0 Å². The second kappa shape index (κ2) is 5.80. The Morgan fingerprint density at radius 2 is 2.29 bits per heavy atom. The number of hydrogen-bond acceptors (Lipinski definition) is 3. The molecule has 1 amide bonds. The monoisotopic (exact) mass is 319 g/mol. The predicted octanol–water partition coefficient (Wildman–Crippen LogP) is 1.88. The third kappa shape index (κ3) is 3.40. The normalized spacial score (nSPS) is 16.6. The summed E-state index contributed by atoms with van der Waals surface area (Å²) < 4.78 is 0.701. The minimum absolute atomic E-state index is 0. The van der Waals surface area contributed by atoms with Crippen LogP contribution in [0.1, 0.15) is 29.8 Å². The summed E-state index contributed by atoms with van der Waals surface area (Å²) >= 11 is 3.29.